The Balaban J connectivity index is 1.53. The lowest BCUT2D eigenvalue weighted by Crippen LogP contribution is -2.44. The number of hydrogen-bond donors (Lipinski definition) is 1. The molecule has 1 aliphatic rings. The van der Waals surface area contributed by atoms with Crippen LogP contribution in [-0.2, 0) is 13.1 Å². The third-order valence-electron chi connectivity index (χ3n) is 5.05. The summed E-state index contributed by atoms with van der Waals surface area (Å²) in [6, 6.07) is 24.6. The molecule has 0 fully saturated rings. The molecular weight excluding hydrogens is 334 g/mol. The van der Waals surface area contributed by atoms with Crippen molar-refractivity contribution in [2.75, 3.05) is 6.54 Å². The van der Waals surface area contributed by atoms with Gasteiger partial charge in [-0.2, -0.15) is 0 Å². The molecule has 0 saturated heterocycles. The van der Waals surface area contributed by atoms with Gasteiger partial charge in [0.2, 0.25) is 0 Å². The van der Waals surface area contributed by atoms with E-state index in [4.69, 9.17) is 0 Å². The van der Waals surface area contributed by atoms with Crippen LogP contribution >= 0.6 is 0 Å². The number of pyridine rings is 1. The van der Waals surface area contributed by atoms with Crippen LogP contribution in [0.25, 0.3) is 0 Å². The molecule has 0 saturated carbocycles. The molecule has 0 radical (unpaired) electrons. The van der Waals surface area contributed by atoms with E-state index in [1.165, 1.54) is 16.7 Å². The second-order valence-corrected chi connectivity index (χ2v) is 6.97. The summed E-state index contributed by atoms with van der Waals surface area (Å²) in [5.74, 6) is 0.194. The monoisotopic (exact) mass is 357 g/mol. The maximum absolute atomic E-state index is 12.8. The van der Waals surface area contributed by atoms with Crippen LogP contribution in [0.4, 0.5) is 4.79 Å². The van der Waals surface area contributed by atoms with Gasteiger partial charge < -0.3 is 10.2 Å². The standard InChI is InChI=1S/C23H23N3O/c1-17-8-7-12-20(25-17)14-24-23(27)26-15-19-11-5-6-13-21(19)22(16-26)18-9-3-2-4-10-18/h2-13,22H,14-16H2,1H3,(H,24,27). The molecule has 0 aliphatic carbocycles. The zero-order chi connectivity index (χ0) is 18.6. The lowest BCUT2D eigenvalue weighted by Gasteiger charge is -2.35. The Kier molecular flexibility index (Phi) is 4.88. The first kappa shape index (κ1) is 17.3. The van der Waals surface area contributed by atoms with Gasteiger partial charge in [-0.3, -0.25) is 4.98 Å². The highest BCUT2D eigenvalue weighted by atomic mass is 16.2. The first-order valence-electron chi connectivity index (χ1n) is 9.29. The molecule has 3 aromatic rings. The second-order valence-electron chi connectivity index (χ2n) is 6.97. The molecule has 2 heterocycles. The van der Waals surface area contributed by atoms with E-state index in [2.05, 4.69) is 52.8 Å². The van der Waals surface area contributed by atoms with Crippen LogP contribution in [0.3, 0.4) is 0 Å². The fraction of sp³-hybridized carbons (Fsp3) is 0.217. The minimum absolute atomic E-state index is 0.0475. The van der Waals surface area contributed by atoms with Gasteiger partial charge in [0.05, 0.1) is 12.2 Å². The van der Waals surface area contributed by atoms with Gasteiger partial charge in [0.25, 0.3) is 0 Å². The van der Waals surface area contributed by atoms with Crippen molar-refractivity contribution in [3.05, 3.63) is 101 Å². The highest BCUT2D eigenvalue weighted by molar-refractivity contribution is 5.75. The van der Waals surface area contributed by atoms with E-state index in [0.717, 1.165) is 11.4 Å². The van der Waals surface area contributed by atoms with E-state index < -0.39 is 0 Å². The van der Waals surface area contributed by atoms with E-state index in [1.54, 1.807) is 0 Å². The number of hydrogen-bond acceptors (Lipinski definition) is 2. The molecule has 4 nitrogen and oxygen atoms in total. The molecule has 27 heavy (non-hydrogen) atoms. The van der Waals surface area contributed by atoms with Gasteiger partial charge in [0, 0.05) is 24.7 Å². The Morgan fingerprint density at radius 3 is 2.63 bits per heavy atom. The number of benzene rings is 2. The van der Waals surface area contributed by atoms with E-state index in [0.29, 0.717) is 19.6 Å². The molecule has 4 heteroatoms. The number of carbonyl (C=O) groups excluding carboxylic acids is 1. The van der Waals surface area contributed by atoms with E-state index >= 15 is 0 Å². The minimum Gasteiger partial charge on any atom is -0.332 e. The number of rotatable bonds is 3. The smallest absolute Gasteiger partial charge is 0.318 e. The van der Waals surface area contributed by atoms with Crippen molar-refractivity contribution in [2.45, 2.75) is 25.9 Å². The molecule has 1 unspecified atom stereocenters. The Morgan fingerprint density at radius 1 is 1.04 bits per heavy atom. The predicted molar refractivity (Wildman–Crippen MR) is 106 cm³/mol. The van der Waals surface area contributed by atoms with Gasteiger partial charge in [0.15, 0.2) is 0 Å². The molecule has 2 amide bonds. The maximum Gasteiger partial charge on any atom is 0.318 e. The fourth-order valence-electron chi connectivity index (χ4n) is 3.71. The summed E-state index contributed by atoms with van der Waals surface area (Å²) in [5, 5.41) is 3.02. The number of amides is 2. The van der Waals surface area contributed by atoms with Crippen LogP contribution in [0.5, 0.6) is 0 Å². The largest absolute Gasteiger partial charge is 0.332 e. The number of carbonyl (C=O) groups is 1. The number of nitrogens with zero attached hydrogens (tertiary/aromatic N) is 2. The van der Waals surface area contributed by atoms with Crippen LogP contribution in [0, 0.1) is 6.92 Å². The Bertz CT molecular complexity index is 939. The SMILES string of the molecule is Cc1cccc(CNC(=O)N2Cc3ccccc3C(c3ccccc3)C2)n1. The Morgan fingerprint density at radius 2 is 1.81 bits per heavy atom. The summed E-state index contributed by atoms with van der Waals surface area (Å²) >= 11 is 0. The third kappa shape index (κ3) is 3.85. The lowest BCUT2D eigenvalue weighted by atomic mass is 9.85. The zero-order valence-electron chi connectivity index (χ0n) is 15.4. The molecule has 4 rings (SSSR count). The van der Waals surface area contributed by atoms with Gasteiger partial charge in [0.1, 0.15) is 0 Å². The highest BCUT2D eigenvalue weighted by Crippen LogP contribution is 2.33. The van der Waals surface area contributed by atoms with Crippen molar-refractivity contribution in [1.82, 2.24) is 15.2 Å². The van der Waals surface area contributed by atoms with Crippen LogP contribution in [0.1, 0.15) is 34.0 Å². The van der Waals surface area contributed by atoms with Crippen LogP contribution < -0.4 is 5.32 Å². The summed E-state index contributed by atoms with van der Waals surface area (Å²) in [6.45, 7) is 3.70. The van der Waals surface area contributed by atoms with Crippen molar-refractivity contribution in [3.63, 3.8) is 0 Å². The van der Waals surface area contributed by atoms with Gasteiger partial charge in [-0.25, -0.2) is 4.79 Å². The molecule has 0 spiro atoms. The normalized spacial score (nSPS) is 15.9. The van der Waals surface area contributed by atoms with Crippen LogP contribution in [-0.4, -0.2) is 22.5 Å². The Labute approximate surface area is 159 Å². The predicted octanol–water partition coefficient (Wildman–Crippen LogP) is 4.25. The molecule has 0 bridgehead atoms. The molecule has 2 aromatic carbocycles. The van der Waals surface area contributed by atoms with Crippen LogP contribution in [0.15, 0.2) is 72.8 Å². The average Bonchev–Trinajstić information content (AvgIpc) is 2.72. The van der Waals surface area contributed by atoms with Crippen molar-refractivity contribution >= 4 is 6.03 Å². The number of aromatic nitrogens is 1. The number of fused-ring (bicyclic) bond motifs is 1. The van der Waals surface area contributed by atoms with Crippen molar-refractivity contribution < 1.29 is 4.79 Å². The summed E-state index contributed by atoms with van der Waals surface area (Å²) < 4.78 is 0. The van der Waals surface area contributed by atoms with E-state index in [1.807, 2.05) is 42.2 Å². The zero-order valence-corrected chi connectivity index (χ0v) is 15.4. The summed E-state index contributed by atoms with van der Waals surface area (Å²) in [4.78, 5) is 19.2. The lowest BCUT2D eigenvalue weighted by molar-refractivity contribution is 0.188. The van der Waals surface area contributed by atoms with Gasteiger partial charge >= 0.3 is 6.03 Å². The molecule has 1 aliphatic heterocycles. The summed E-state index contributed by atoms with van der Waals surface area (Å²) in [6.07, 6.45) is 0. The molecular formula is C23H23N3O. The topological polar surface area (TPSA) is 45.2 Å². The van der Waals surface area contributed by atoms with E-state index in [9.17, 15) is 4.79 Å². The number of urea groups is 1. The quantitative estimate of drug-likeness (QED) is 0.762. The first-order valence-corrected chi connectivity index (χ1v) is 9.29. The van der Waals surface area contributed by atoms with Crippen molar-refractivity contribution in [3.8, 4) is 0 Å². The van der Waals surface area contributed by atoms with Gasteiger partial charge in [-0.05, 0) is 35.7 Å². The molecule has 1 aromatic heterocycles. The highest BCUT2D eigenvalue weighted by Gasteiger charge is 2.28. The minimum atomic E-state index is -0.0475. The summed E-state index contributed by atoms with van der Waals surface area (Å²) in [7, 11) is 0. The molecule has 136 valence electrons. The molecule has 1 N–H and O–H groups in total. The van der Waals surface area contributed by atoms with Crippen LogP contribution in [0.2, 0.25) is 0 Å². The first-order chi connectivity index (χ1) is 13.2. The van der Waals surface area contributed by atoms with Gasteiger partial charge in [-0.1, -0.05) is 60.7 Å². The third-order valence-corrected chi connectivity index (χ3v) is 5.05. The molecule has 1 atom stereocenters. The summed E-state index contributed by atoms with van der Waals surface area (Å²) in [5.41, 5.74) is 5.59. The second kappa shape index (κ2) is 7.62. The number of nitrogens with one attached hydrogen (secondary N) is 1. The van der Waals surface area contributed by atoms with E-state index in [-0.39, 0.29) is 11.9 Å². The average molecular weight is 357 g/mol. The Hall–Kier alpha value is -3.14. The maximum atomic E-state index is 12.8. The van der Waals surface area contributed by atoms with Gasteiger partial charge in [-0.15, -0.1) is 0 Å². The van der Waals surface area contributed by atoms with Crippen molar-refractivity contribution in [2.24, 2.45) is 0 Å². The number of aryl methyl sites for hydroxylation is 1. The van der Waals surface area contributed by atoms with Crippen molar-refractivity contribution in [1.29, 1.82) is 0 Å². The fourth-order valence-corrected chi connectivity index (χ4v) is 3.71.